The second kappa shape index (κ2) is 8.48. The molecular formula is C20H30N2O3. The molecular weight excluding hydrogens is 316 g/mol. The first-order valence-electron chi connectivity index (χ1n) is 8.99. The van der Waals surface area contributed by atoms with E-state index in [1.807, 2.05) is 12.1 Å². The van der Waals surface area contributed by atoms with Crippen LogP contribution in [0.3, 0.4) is 0 Å². The van der Waals surface area contributed by atoms with Crippen LogP contribution < -0.4 is 10.6 Å². The summed E-state index contributed by atoms with van der Waals surface area (Å²) >= 11 is 0. The zero-order valence-electron chi connectivity index (χ0n) is 15.7. The third kappa shape index (κ3) is 5.56. The maximum Gasteiger partial charge on any atom is 0.307 e. The second-order valence-corrected chi connectivity index (χ2v) is 7.74. The molecule has 1 aliphatic heterocycles. The molecule has 1 fully saturated rings. The number of benzene rings is 1. The molecule has 5 nitrogen and oxygen atoms in total. The molecule has 1 saturated heterocycles. The van der Waals surface area contributed by atoms with Crippen molar-refractivity contribution in [2.24, 2.45) is 5.92 Å². The van der Waals surface area contributed by atoms with E-state index in [0.717, 1.165) is 31.5 Å². The molecule has 1 aromatic rings. The van der Waals surface area contributed by atoms with Crippen LogP contribution in [0.5, 0.6) is 0 Å². The minimum atomic E-state index is -0.358. The number of methoxy groups -OCH3 is 1. The quantitative estimate of drug-likeness (QED) is 0.805. The number of rotatable bonds is 5. The van der Waals surface area contributed by atoms with Crippen LogP contribution in [0.2, 0.25) is 0 Å². The van der Waals surface area contributed by atoms with Crippen molar-refractivity contribution in [1.29, 1.82) is 0 Å². The Morgan fingerprint density at radius 3 is 2.32 bits per heavy atom. The van der Waals surface area contributed by atoms with Gasteiger partial charge in [-0.25, -0.2) is 0 Å². The van der Waals surface area contributed by atoms with Crippen molar-refractivity contribution < 1.29 is 14.3 Å². The molecule has 138 valence electrons. The first-order valence-corrected chi connectivity index (χ1v) is 8.99. The summed E-state index contributed by atoms with van der Waals surface area (Å²) in [7, 11) is 1.37. The summed E-state index contributed by atoms with van der Waals surface area (Å²) in [6.45, 7) is 8.20. The Kier molecular flexibility index (Phi) is 6.59. The Bertz CT molecular complexity index is 584. The molecule has 0 spiro atoms. The van der Waals surface area contributed by atoms with Crippen LogP contribution in [-0.2, 0) is 19.7 Å². The minimum Gasteiger partial charge on any atom is -0.469 e. The fourth-order valence-electron chi connectivity index (χ4n) is 3.09. The molecule has 1 aliphatic rings. The zero-order valence-corrected chi connectivity index (χ0v) is 15.7. The molecule has 0 radical (unpaired) electrons. The summed E-state index contributed by atoms with van der Waals surface area (Å²) in [5.41, 5.74) is 2.22. The van der Waals surface area contributed by atoms with Crippen LogP contribution in [-0.4, -0.2) is 32.1 Å². The molecule has 0 saturated carbocycles. The van der Waals surface area contributed by atoms with Gasteiger partial charge in [0.05, 0.1) is 19.6 Å². The van der Waals surface area contributed by atoms with E-state index in [-0.39, 0.29) is 35.7 Å². The highest BCUT2D eigenvalue weighted by Gasteiger charge is 2.26. The first kappa shape index (κ1) is 19.4. The van der Waals surface area contributed by atoms with E-state index in [0.29, 0.717) is 0 Å². The van der Waals surface area contributed by atoms with Crippen molar-refractivity contribution in [2.75, 3.05) is 20.2 Å². The van der Waals surface area contributed by atoms with E-state index in [1.54, 1.807) is 0 Å². The van der Waals surface area contributed by atoms with Gasteiger partial charge in [-0.05, 0) is 42.5 Å². The maximum absolute atomic E-state index is 12.6. The van der Waals surface area contributed by atoms with Gasteiger partial charge in [-0.3, -0.25) is 9.59 Å². The Labute approximate surface area is 150 Å². The van der Waals surface area contributed by atoms with Gasteiger partial charge in [-0.15, -0.1) is 0 Å². The predicted octanol–water partition coefficient (Wildman–Crippen LogP) is 2.70. The number of amides is 1. The number of piperidine rings is 1. The van der Waals surface area contributed by atoms with Crippen molar-refractivity contribution >= 4 is 11.9 Å². The lowest BCUT2D eigenvalue weighted by Gasteiger charge is -2.26. The fraction of sp³-hybridized carbons (Fsp3) is 0.600. The summed E-state index contributed by atoms with van der Waals surface area (Å²) in [4.78, 5) is 24.4. The van der Waals surface area contributed by atoms with Crippen molar-refractivity contribution in [2.45, 2.75) is 51.5 Å². The molecule has 0 aliphatic carbocycles. The van der Waals surface area contributed by atoms with E-state index in [9.17, 15) is 9.59 Å². The van der Waals surface area contributed by atoms with Crippen LogP contribution >= 0.6 is 0 Å². The number of ether oxygens (including phenoxy) is 1. The summed E-state index contributed by atoms with van der Waals surface area (Å²) in [6.07, 6.45) is 1.81. The number of carbonyl (C=O) groups is 2. The van der Waals surface area contributed by atoms with Crippen molar-refractivity contribution in [3.05, 3.63) is 35.4 Å². The zero-order chi connectivity index (χ0) is 18.4. The molecule has 1 aromatic carbocycles. The smallest absolute Gasteiger partial charge is 0.307 e. The second-order valence-electron chi connectivity index (χ2n) is 7.74. The van der Waals surface area contributed by atoms with Crippen LogP contribution in [0.4, 0.5) is 0 Å². The maximum atomic E-state index is 12.6. The van der Waals surface area contributed by atoms with Gasteiger partial charge in [0.25, 0.3) is 0 Å². The molecule has 1 amide bonds. The number of esters is 1. The van der Waals surface area contributed by atoms with Crippen LogP contribution in [0.25, 0.3) is 0 Å². The van der Waals surface area contributed by atoms with Gasteiger partial charge in [0.15, 0.2) is 0 Å². The molecule has 1 heterocycles. The Morgan fingerprint density at radius 2 is 1.80 bits per heavy atom. The van der Waals surface area contributed by atoms with Gasteiger partial charge in [-0.2, -0.15) is 0 Å². The standard InChI is InChI=1S/C20H30N2O3/c1-20(2,3)16-7-5-14(6-8-16)17(13-18(23)25-4)22-19(24)15-9-11-21-12-10-15/h5-8,15,17,21H,9-13H2,1-4H3,(H,22,24). The molecule has 2 N–H and O–H groups in total. The summed E-state index contributed by atoms with van der Waals surface area (Å²) < 4.78 is 4.81. The van der Waals surface area contributed by atoms with Gasteiger partial charge in [0, 0.05) is 5.92 Å². The van der Waals surface area contributed by atoms with Crippen molar-refractivity contribution in [1.82, 2.24) is 10.6 Å². The minimum absolute atomic E-state index is 0.00949. The lowest BCUT2D eigenvalue weighted by molar-refractivity contribution is -0.141. The molecule has 1 atom stereocenters. The van der Waals surface area contributed by atoms with Crippen LogP contribution in [0, 0.1) is 5.92 Å². The number of hydrogen-bond acceptors (Lipinski definition) is 4. The molecule has 0 aromatic heterocycles. The van der Waals surface area contributed by atoms with Crippen molar-refractivity contribution in [3.63, 3.8) is 0 Å². The number of nitrogens with one attached hydrogen (secondary N) is 2. The molecule has 25 heavy (non-hydrogen) atoms. The fourth-order valence-corrected chi connectivity index (χ4v) is 3.09. The molecule has 5 heteroatoms. The number of hydrogen-bond donors (Lipinski definition) is 2. The van der Waals surface area contributed by atoms with E-state index in [4.69, 9.17) is 4.74 Å². The predicted molar refractivity (Wildman–Crippen MR) is 98.3 cm³/mol. The van der Waals surface area contributed by atoms with Crippen molar-refractivity contribution in [3.8, 4) is 0 Å². The van der Waals surface area contributed by atoms with Crippen LogP contribution in [0.1, 0.15) is 57.2 Å². The Hall–Kier alpha value is -1.88. The monoisotopic (exact) mass is 346 g/mol. The third-order valence-corrected chi connectivity index (χ3v) is 4.80. The van der Waals surface area contributed by atoms with Gasteiger partial charge in [0.2, 0.25) is 5.91 Å². The van der Waals surface area contributed by atoms with Crippen LogP contribution in [0.15, 0.2) is 24.3 Å². The van der Waals surface area contributed by atoms with E-state index in [2.05, 4.69) is 43.5 Å². The Balaban J connectivity index is 2.14. The average Bonchev–Trinajstić information content (AvgIpc) is 2.61. The highest BCUT2D eigenvalue weighted by Crippen LogP contribution is 2.26. The lowest BCUT2D eigenvalue weighted by Crippen LogP contribution is -2.40. The largest absolute Gasteiger partial charge is 0.469 e. The first-order chi connectivity index (χ1) is 11.8. The van der Waals surface area contributed by atoms with E-state index < -0.39 is 0 Å². The summed E-state index contributed by atoms with van der Waals surface area (Å²) in [6, 6.07) is 7.77. The third-order valence-electron chi connectivity index (χ3n) is 4.80. The molecule has 0 bridgehead atoms. The Morgan fingerprint density at radius 1 is 1.20 bits per heavy atom. The van der Waals surface area contributed by atoms with Gasteiger partial charge < -0.3 is 15.4 Å². The SMILES string of the molecule is COC(=O)CC(NC(=O)C1CCNCC1)c1ccc(C(C)(C)C)cc1. The highest BCUT2D eigenvalue weighted by atomic mass is 16.5. The van der Waals surface area contributed by atoms with E-state index >= 15 is 0 Å². The summed E-state index contributed by atoms with van der Waals surface area (Å²) in [5, 5.41) is 6.32. The average molecular weight is 346 g/mol. The van der Waals surface area contributed by atoms with E-state index in [1.165, 1.54) is 12.7 Å². The number of carbonyl (C=O) groups excluding carboxylic acids is 2. The molecule has 2 rings (SSSR count). The summed E-state index contributed by atoms with van der Waals surface area (Å²) in [5.74, 6) is -0.291. The topological polar surface area (TPSA) is 67.4 Å². The molecule has 1 unspecified atom stereocenters. The van der Waals surface area contributed by atoms with Gasteiger partial charge in [0.1, 0.15) is 0 Å². The lowest BCUT2D eigenvalue weighted by atomic mass is 9.86. The van der Waals surface area contributed by atoms with Gasteiger partial charge in [-0.1, -0.05) is 45.0 Å². The van der Waals surface area contributed by atoms with Gasteiger partial charge >= 0.3 is 5.97 Å². The normalized spacial score (nSPS) is 17.0. The highest BCUT2D eigenvalue weighted by molar-refractivity contribution is 5.80.